The summed E-state index contributed by atoms with van der Waals surface area (Å²) in [7, 11) is 0. The zero-order valence-electron chi connectivity index (χ0n) is 15.8. The fraction of sp³-hybridized carbons (Fsp3) is 0.773. The Balaban J connectivity index is 1.65. The van der Waals surface area contributed by atoms with Gasteiger partial charge in [0.25, 0.3) is 0 Å². The van der Waals surface area contributed by atoms with Crippen LogP contribution in [0.1, 0.15) is 71.1 Å². The Hall–Kier alpha value is -1.31. The number of allylic oxidation sites excluding steroid dienone is 2. The lowest BCUT2D eigenvalue weighted by atomic mass is 9.48. The Morgan fingerprint density at radius 1 is 1.31 bits per heavy atom. The first-order chi connectivity index (χ1) is 12.4. The predicted molar refractivity (Wildman–Crippen MR) is 100 cm³/mol. The molecule has 0 heterocycles. The number of aliphatic hydroxyl groups excluding tert-OH is 2. The average Bonchev–Trinajstić information content (AvgIpc) is 2.63. The number of fused-ring (bicyclic) bond motifs is 1. The highest BCUT2D eigenvalue weighted by Gasteiger charge is 2.54. The van der Waals surface area contributed by atoms with E-state index in [1.54, 1.807) is 0 Å². The van der Waals surface area contributed by atoms with Crippen molar-refractivity contribution >= 4 is 5.97 Å². The van der Waals surface area contributed by atoms with E-state index in [1.165, 1.54) is 24.8 Å². The lowest BCUT2D eigenvalue weighted by Crippen LogP contribution is -2.51. The fourth-order valence-electron chi connectivity index (χ4n) is 5.20. The van der Waals surface area contributed by atoms with Crippen LogP contribution in [-0.2, 0) is 4.79 Å². The molecule has 0 aromatic rings. The van der Waals surface area contributed by atoms with E-state index < -0.39 is 18.2 Å². The van der Waals surface area contributed by atoms with Crippen molar-refractivity contribution in [3.63, 3.8) is 0 Å². The van der Waals surface area contributed by atoms with Crippen molar-refractivity contribution in [3.8, 4) is 11.8 Å². The van der Waals surface area contributed by atoms with Gasteiger partial charge in [0, 0.05) is 6.42 Å². The number of hydrogen-bond donors (Lipinski definition) is 3. The Kier molecular flexibility index (Phi) is 6.10. The summed E-state index contributed by atoms with van der Waals surface area (Å²) in [5.74, 6) is 6.08. The first-order valence-corrected chi connectivity index (χ1v) is 10.2. The van der Waals surface area contributed by atoms with Gasteiger partial charge in [-0.1, -0.05) is 49.7 Å². The number of aliphatic hydroxyl groups is 2. The smallest absolute Gasteiger partial charge is 0.303 e. The summed E-state index contributed by atoms with van der Waals surface area (Å²) < 4.78 is 0. The highest BCUT2D eigenvalue weighted by molar-refractivity contribution is 5.66. The minimum absolute atomic E-state index is 0.0346. The van der Waals surface area contributed by atoms with Crippen LogP contribution in [-0.4, -0.2) is 33.5 Å². The molecule has 3 N–H and O–H groups in total. The van der Waals surface area contributed by atoms with Crippen molar-refractivity contribution in [1.82, 2.24) is 0 Å². The summed E-state index contributed by atoms with van der Waals surface area (Å²) in [6, 6.07) is 0. The van der Waals surface area contributed by atoms with E-state index in [2.05, 4.69) is 24.8 Å². The van der Waals surface area contributed by atoms with Crippen LogP contribution < -0.4 is 0 Å². The van der Waals surface area contributed by atoms with Crippen LogP contribution in [0.3, 0.4) is 0 Å². The van der Waals surface area contributed by atoms with Gasteiger partial charge in [-0.15, -0.1) is 0 Å². The third-order valence-corrected chi connectivity index (χ3v) is 7.04. The average molecular weight is 360 g/mol. The van der Waals surface area contributed by atoms with Crippen molar-refractivity contribution in [3.05, 3.63) is 11.6 Å². The molecule has 0 aromatic carbocycles. The van der Waals surface area contributed by atoms with Crippen LogP contribution in [0, 0.1) is 35.0 Å². The molecule has 0 spiro atoms. The molecule has 3 fully saturated rings. The monoisotopic (exact) mass is 360 g/mol. The van der Waals surface area contributed by atoms with E-state index in [-0.39, 0.29) is 23.7 Å². The summed E-state index contributed by atoms with van der Waals surface area (Å²) in [4.78, 5) is 10.7. The molecule has 0 aromatic heterocycles. The molecule has 144 valence electrons. The lowest BCUT2D eigenvalue weighted by molar-refractivity contribution is -0.136. The molecule has 0 saturated heterocycles. The molecule has 0 aliphatic heterocycles. The predicted octanol–water partition coefficient (Wildman–Crippen LogP) is 3.52. The maximum atomic E-state index is 10.7. The molecule has 0 amide bonds. The van der Waals surface area contributed by atoms with Crippen LogP contribution in [0.25, 0.3) is 0 Å². The Bertz CT molecular complexity index is 607. The van der Waals surface area contributed by atoms with Crippen molar-refractivity contribution in [2.24, 2.45) is 23.2 Å². The summed E-state index contributed by atoms with van der Waals surface area (Å²) in [5.41, 5.74) is 1.36. The maximum Gasteiger partial charge on any atom is 0.303 e. The fourth-order valence-corrected chi connectivity index (χ4v) is 5.20. The van der Waals surface area contributed by atoms with Crippen LogP contribution >= 0.6 is 0 Å². The molecule has 26 heavy (non-hydrogen) atoms. The molecule has 3 saturated carbocycles. The highest BCUT2D eigenvalue weighted by atomic mass is 16.4. The number of carboxylic acids is 1. The van der Waals surface area contributed by atoms with Crippen molar-refractivity contribution in [2.45, 2.75) is 83.3 Å². The first-order valence-electron chi connectivity index (χ1n) is 10.2. The second-order valence-corrected chi connectivity index (χ2v) is 8.65. The van der Waals surface area contributed by atoms with E-state index in [0.29, 0.717) is 12.3 Å². The third kappa shape index (κ3) is 4.00. The standard InChI is InChI=1S/C22H32O4/c1-22-13-12-20(24)17(10-11-19(23)15-6-3-2-4-7-15)18(22)14-16(22)8-5-9-21(25)26/h8,15,17-20,23-24H,2-7,9,12-14H2,1H3,(H,25,26)/b16-8+/t17-,18-,19?,20-,22-/m0/s1. The molecule has 5 atom stereocenters. The van der Waals surface area contributed by atoms with Gasteiger partial charge in [0.05, 0.1) is 12.0 Å². The molecule has 0 bridgehead atoms. The van der Waals surface area contributed by atoms with Gasteiger partial charge in [0.15, 0.2) is 0 Å². The highest BCUT2D eigenvalue weighted by Crippen LogP contribution is 2.60. The van der Waals surface area contributed by atoms with Crippen LogP contribution in [0.2, 0.25) is 0 Å². The van der Waals surface area contributed by atoms with Crippen molar-refractivity contribution in [2.75, 3.05) is 0 Å². The van der Waals surface area contributed by atoms with Gasteiger partial charge >= 0.3 is 5.97 Å². The largest absolute Gasteiger partial charge is 0.481 e. The number of rotatable bonds is 4. The molecule has 0 radical (unpaired) electrons. The normalized spacial score (nSPS) is 37.2. The Labute approximate surface area is 156 Å². The topological polar surface area (TPSA) is 77.8 Å². The van der Waals surface area contributed by atoms with E-state index in [4.69, 9.17) is 5.11 Å². The van der Waals surface area contributed by atoms with Gasteiger partial charge in [-0.3, -0.25) is 4.79 Å². The van der Waals surface area contributed by atoms with Gasteiger partial charge < -0.3 is 15.3 Å². The van der Waals surface area contributed by atoms with Crippen LogP contribution in [0.15, 0.2) is 11.6 Å². The minimum atomic E-state index is -0.762. The molecule has 4 nitrogen and oxygen atoms in total. The Morgan fingerprint density at radius 2 is 2.04 bits per heavy atom. The number of carboxylic acid groups (broad SMARTS) is 1. The van der Waals surface area contributed by atoms with Crippen LogP contribution in [0.4, 0.5) is 0 Å². The first kappa shape index (κ1) is 19.5. The molecular weight excluding hydrogens is 328 g/mol. The quantitative estimate of drug-likeness (QED) is 0.529. The third-order valence-electron chi connectivity index (χ3n) is 7.04. The zero-order valence-corrected chi connectivity index (χ0v) is 15.8. The summed E-state index contributed by atoms with van der Waals surface area (Å²) in [6.45, 7) is 2.23. The number of carbonyl (C=O) groups is 1. The molecule has 3 rings (SSSR count). The van der Waals surface area contributed by atoms with E-state index in [0.717, 1.165) is 32.1 Å². The summed E-state index contributed by atoms with van der Waals surface area (Å²) in [5, 5.41) is 29.7. The van der Waals surface area contributed by atoms with Gasteiger partial charge in [-0.05, 0) is 55.8 Å². The number of aliphatic carboxylic acids is 1. The SMILES string of the molecule is C[C@@]12CC[C@H](O)[C@@H](C#CC(O)C3CCCCC3)[C@@H]1C/C2=C\CCC(=O)O. The second kappa shape index (κ2) is 8.15. The van der Waals surface area contributed by atoms with E-state index >= 15 is 0 Å². The van der Waals surface area contributed by atoms with Gasteiger partial charge in [0.1, 0.15) is 6.10 Å². The van der Waals surface area contributed by atoms with Crippen LogP contribution in [0.5, 0.6) is 0 Å². The van der Waals surface area contributed by atoms with Gasteiger partial charge in [-0.2, -0.15) is 0 Å². The Morgan fingerprint density at radius 3 is 2.73 bits per heavy atom. The van der Waals surface area contributed by atoms with Gasteiger partial charge in [0.2, 0.25) is 0 Å². The summed E-state index contributed by atoms with van der Waals surface area (Å²) >= 11 is 0. The van der Waals surface area contributed by atoms with Crippen molar-refractivity contribution in [1.29, 1.82) is 0 Å². The lowest BCUT2D eigenvalue weighted by Gasteiger charge is -2.57. The van der Waals surface area contributed by atoms with E-state index in [1.807, 2.05) is 0 Å². The zero-order chi connectivity index (χ0) is 18.7. The molecule has 4 heteroatoms. The summed E-state index contributed by atoms with van der Waals surface area (Å²) in [6.07, 6.45) is 10.1. The second-order valence-electron chi connectivity index (χ2n) is 8.65. The minimum Gasteiger partial charge on any atom is -0.481 e. The molecule has 3 aliphatic carbocycles. The number of hydrogen-bond acceptors (Lipinski definition) is 3. The van der Waals surface area contributed by atoms with Crippen molar-refractivity contribution < 1.29 is 20.1 Å². The molecule has 1 unspecified atom stereocenters. The molecular formula is C22H32O4. The van der Waals surface area contributed by atoms with E-state index in [9.17, 15) is 15.0 Å². The van der Waals surface area contributed by atoms with Gasteiger partial charge in [-0.25, -0.2) is 0 Å². The maximum absolute atomic E-state index is 10.7. The molecule has 3 aliphatic rings.